The van der Waals surface area contributed by atoms with Gasteiger partial charge in [0.05, 0.1) is 0 Å². The number of benzene rings is 2. The van der Waals surface area contributed by atoms with Crippen molar-refractivity contribution in [2.24, 2.45) is 27.6 Å². The Bertz CT molecular complexity index is 1780. The number of allylic oxidation sites excluding steroid dienone is 10. The third-order valence-electron chi connectivity index (χ3n) is 14.7. The quantitative estimate of drug-likeness (QED) is 0.294. The molecule has 0 radical (unpaired) electrons. The molecule has 2 aromatic carbocycles. The fourth-order valence-electron chi connectivity index (χ4n) is 11.0. The molecule has 0 amide bonds. The van der Waals surface area contributed by atoms with Gasteiger partial charge in [-0.1, -0.05) is 0 Å². The van der Waals surface area contributed by atoms with Crippen LogP contribution in [0.25, 0.3) is 5.57 Å². The SMILES string of the molecule is Cl.Cl.[CH2]=[Zr]([C]1=CC=CC1)([c]1cccc(Cl)c1)[C]1(C)C2=C3Cc4ccccc4C3=C3C=CCCC3C2(C)C(C)(C)C(C)(C)C1(C)C. The average molecular weight is 740 g/mol. The van der Waals surface area contributed by atoms with Crippen LogP contribution in [0.5, 0.6) is 0 Å². The van der Waals surface area contributed by atoms with E-state index in [-0.39, 0.29) is 49.6 Å². The van der Waals surface area contributed by atoms with Crippen molar-refractivity contribution >= 4 is 49.5 Å². The van der Waals surface area contributed by atoms with E-state index in [9.17, 15) is 0 Å². The molecule has 0 spiro atoms. The Morgan fingerprint density at radius 1 is 0.844 bits per heavy atom. The zero-order valence-electron chi connectivity index (χ0n) is 28.3. The molecule has 2 aromatic rings. The van der Waals surface area contributed by atoms with Crippen molar-refractivity contribution in [3.05, 3.63) is 115 Å². The normalized spacial score (nSPS) is 31.0. The first-order valence-electron chi connectivity index (χ1n) is 16.4. The van der Waals surface area contributed by atoms with Crippen molar-refractivity contribution in [1.82, 2.24) is 0 Å². The average Bonchev–Trinajstić information content (AvgIpc) is 3.65. The number of rotatable bonds is 3. The van der Waals surface area contributed by atoms with Crippen molar-refractivity contribution in [3.8, 4) is 0 Å². The van der Waals surface area contributed by atoms with Gasteiger partial charge in [-0.15, -0.1) is 24.8 Å². The number of hydrogen-bond acceptors (Lipinski definition) is 0. The molecular formula is C41H50Cl3Zr. The van der Waals surface area contributed by atoms with E-state index in [0.29, 0.717) is 5.92 Å². The minimum atomic E-state index is -3.88. The van der Waals surface area contributed by atoms with Crippen molar-refractivity contribution < 1.29 is 19.8 Å². The Morgan fingerprint density at radius 2 is 1.56 bits per heavy atom. The van der Waals surface area contributed by atoms with Gasteiger partial charge in [0.1, 0.15) is 0 Å². The summed E-state index contributed by atoms with van der Waals surface area (Å²) in [5, 5.41) is 0.836. The summed E-state index contributed by atoms with van der Waals surface area (Å²) in [5.41, 5.74) is 9.48. The maximum atomic E-state index is 6.86. The molecule has 5 aliphatic carbocycles. The Kier molecular flexibility index (Phi) is 8.70. The van der Waals surface area contributed by atoms with Crippen LogP contribution in [-0.2, 0) is 26.2 Å². The predicted octanol–water partition coefficient (Wildman–Crippen LogP) is 11.8. The molecule has 45 heavy (non-hydrogen) atoms. The fraction of sp³-hybridized carbons (Fsp3) is 0.439. The van der Waals surface area contributed by atoms with E-state index >= 15 is 0 Å². The van der Waals surface area contributed by atoms with Crippen LogP contribution in [0.2, 0.25) is 8.15 Å². The van der Waals surface area contributed by atoms with Gasteiger partial charge in [-0.25, -0.2) is 0 Å². The summed E-state index contributed by atoms with van der Waals surface area (Å²) < 4.78 is 8.56. The number of hydrogen-bond donors (Lipinski definition) is 0. The zero-order chi connectivity index (χ0) is 30.8. The van der Waals surface area contributed by atoms with Crippen LogP contribution in [0.4, 0.5) is 0 Å². The van der Waals surface area contributed by atoms with Crippen LogP contribution in [-0.4, -0.2) is 4.21 Å². The molecule has 0 N–H and O–H groups in total. The Morgan fingerprint density at radius 3 is 2.22 bits per heavy atom. The second kappa shape index (κ2) is 11.2. The molecule has 0 aromatic heterocycles. The Balaban J connectivity index is 0.00000200. The summed E-state index contributed by atoms with van der Waals surface area (Å²) in [6.45, 7) is 21.1. The Labute approximate surface area is 293 Å². The topological polar surface area (TPSA) is 0 Å². The van der Waals surface area contributed by atoms with Gasteiger partial charge in [0.15, 0.2) is 0 Å². The first-order chi connectivity index (χ1) is 20.2. The van der Waals surface area contributed by atoms with Gasteiger partial charge in [-0.2, -0.15) is 0 Å². The molecule has 0 bridgehead atoms. The molecule has 1 saturated carbocycles. The van der Waals surface area contributed by atoms with Gasteiger partial charge in [0.2, 0.25) is 0 Å². The summed E-state index contributed by atoms with van der Waals surface area (Å²) in [6.07, 6.45) is 16.5. The molecule has 4 unspecified atom stereocenters. The summed E-state index contributed by atoms with van der Waals surface area (Å²) >= 11 is 2.98. The van der Waals surface area contributed by atoms with Crippen LogP contribution < -0.4 is 3.27 Å². The van der Waals surface area contributed by atoms with E-state index < -0.39 is 19.8 Å². The van der Waals surface area contributed by atoms with Gasteiger partial charge in [0.25, 0.3) is 0 Å². The second-order valence-electron chi connectivity index (χ2n) is 16.0. The van der Waals surface area contributed by atoms with Crippen LogP contribution in [0, 0.1) is 27.6 Å². The molecule has 0 heterocycles. The summed E-state index contributed by atoms with van der Waals surface area (Å²) in [5.74, 6) is 0.479. The van der Waals surface area contributed by atoms with Crippen molar-refractivity contribution in [3.63, 3.8) is 0 Å². The molecule has 1 fully saturated rings. The van der Waals surface area contributed by atoms with Gasteiger partial charge in [-0.3, -0.25) is 0 Å². The van der Waals surface area contributed by atoms with Crippen LogP contribution in [0.1, 0.15) is 85.8 Å². The van der Waals surface area contributed by atoms with Gasteiger partial charge < -0.3 is 0 Å². The van der Waals surface area contributed by atoms with Gasteiger partial charge >= 0.3 is 271 Å². The molecule has 239 valence electrons. The minimum absolute atomic E-state index is 0. The van der Waals surface area contributed by atoms with Crippen LogP contribution in [0.15, 0.2) is 98.9 Å². The monoisotopic (exact) mass is 737 g/mol. The van der Waals surface area contributed by atoms with Crippen LogP contribution >= 0.6 is 36.4 Å². The number of halogens is 3. The molecule has 4 atom stereocenters. The van der Waals surface area contributed by atoms with E-state index in [1.165, 1.54) is 20.8 Å². The third kappa shape index (κ3) is 4.03. The summed E-state index contributed by atoms with van der Waals surface area (Å²) in [4.78, 5) is 0. The van der Waals surface area contributed by atoms with Crippen molar-refractivity contribution in [2.45, 2.75) is 84.2 Å². The molecular weight excluding hydrogens is 690 g/mol. The maximum absolute atomic E-state index is 6.86. The first kappa shape index (κ1) is 35.1. The number of fused-ring (bicyclic) bond motifs is 6. The molecule has 0 saturated heterocycles. The van der Waals surface area contributed by atoms with E-state index in [0.717, 1.165) is 24.3 Å². The van der Waals surface area contributed by atoms with E-state index in [4.69, 9.17) is 15.8 Å². The molecule has 0 nitrogen and oxygen atoms in total. The van der Waals surface area contributed by atoms with Crippen molar-refractivity contribution in [2.75, 3.05) is 0 Å². The summed E-state index contributed by atoms with van der Waals surface area (Å²) in [7, 11) is 0. The second-order valence-corrected chi connectivity index (χ2v) is 26.3. The van der Waals surface area contributed by atoms with E-state index in [1.807, 2.05) is 6.07 Å². The standard InChI is InChI=1S/C29H37.C6H4Cl.C5H5.CH2.2ClH.Zr/c1-18-25-22-17-19-13-9-10-14-20(19)24(22)21-15-11-12-16-23(21)29(25,8)28(6,7)27(4,5)26(18,2)3;7-6-4-2-1-3-5-6;1-2-4-5-3-1;;;;/h9-11,13-15,23H,12,16-17H2,1-8H3;1-2,4-5H;1-3H,4H2;1H2;2*1H;. The first-order valence-corrected chi connectivity index (χ1v) is 22.2. The fourth-order valence-corrected chi connectivity index (χ4v) is 24.8. The molecule has 0 aliphatic heterocycles. The van der Waals surface area contributed by atoms with Crippen LogP contribution in [0.3, 0.4) is 0 Å². The predicted molar refractivity (Wildman–Crippen MR) is 198 cm³/mol. The zero-order valence-corrected chi connectivity index (χ0v) is 33.2. The molecule has 4 heteroatoms. The Hall–Kier alpha value is -1.24. The third-order valence-corrected chi connectivity index (χ3v) is 28.1. The van der Waals surface area contributed by atoms with Gasteiger partial charge in [0, 0.05) is 0 Å². The van der Waals surface area contributed by atoms with E-state index in [1.54, 1.807) is 25.6 Å². The van der Waals surface area contributed by atoms with E-state index in [2.05, 4.69) is 128 Å². The van der Waals surface area contributed by atoms with Gasteiger partial charge in [-0.05, 0) is 0 Å². The molecule has 7 rings (SSSR count). The molecule has 5 aliphatic rings. The van der Waals surface area contributed by atoms with Crippen molar-refractivity contribution in [1.29, 1.82) is 0 Å². The summed E-state index contributed by atoms with van der Waals surface area (Å²) in [6, 6.07) is 18.2.